The minimum absolute atomic E-state index is 0.103. The molecule has 2 saturated heterocycles. The summed E-state index contributed by atoms with van der Waals surface area (Å²) in [5.74, 6) is 0.787. The maximum absolute atomic E-state index is 12.5. The molecule has 2 aromatic rings. The molecule has 0 aliphatic carbocycles. The van der Waals surface area contributed by atoms with Crippen LogP contribution in [0.2, 0.25) is 0 Å². The quantitative estimate of drug-likeness (QED) is 0.831. The van der Waals surface area contributed by atoms with E-state index >= 15 is 0 Å². The van der Waals surface area contributed by atoms with E-state index in [1.807, 2.05) is 4.90 Å². The van der Waals surface area contributed by atoms with Crippen molar-refractivity contribution in [2.45, 2.75) is 37.7 Å². The topological polar surface area (TPSA) is 108 Å². The standard InChI is InChI=1S/C21H24N4O4/c22-19(26)15-3-5-16(6-4-15)29-20-18(23-9-10-24-20)14-7-11-25(12-8-14)21(27)17-2-1-13-28-17/h3-6,9-10,14,17H,1-2,7-8,11-13H2,(H2,22,26). The largest absolute Gasteiger partial charge is 0.437 e. The van der Waals surface area contributed by atoms with Gasteiger partial charge in [0, 0.05) is 43.6 Å². The van der Waals surface area contributed by atoms with Gasteiger partial charge in [-0.15, -0.1) is 0 Å². The van der Waals surface area contributed by atoms with Gasteiger partial charge in [0.05, 0.1) is 0 Å². The number of hydrogen-bond acceptors (Lipinski definition) is 6. The highest BCUT2D eigenvalue weighted by Crippen LogP contribution is 2.34. The minimum Gasteiger partial charge on any atom is -0.437 e. The number of aromatic nitrogens is 2. The van der Waals surface area contributed by atoms with E-state index in [-0.39, 0.29) is 17.9 Å². The zero-order valence-electron chi connectivity index (χ0n) is 16.1. The lowest BCUT2D eigenvalue weighted by molar-refractivity contribution is -0.142. The van der Waals surface area contributed by atoms with E-state index in [1.54, 1.807) is 36.7 Å². The molecule has 1 aromatic carbocycles. The summed E-state index contributed by atoms with van der Waals surface area (Å²) in [6.45, 7) is 2.02. The van der Waals surface area contributed by atoms with Crippen molar-refractivity contribution in [1.29, 1.82) is 0 Å². The summed E-state index contributed by atoms with van der Waals surface area (Å²) in [6.07, 6.45) is 6.34. The van der Waals surface area contributed by atoms with Crippen molar-refractivity contribution in [3.05, 3.63) is 47.9 Å². The van der Waals surface area contributed by atoms with Gasteiger partial charge in [-0.3, -0.25) is 14.6 Å². The normalized spacial score (nSPS) is 19.9. The molecule has 2 aliphatic heterocycles. The van der Waals surface area contributed by atoms with Gasteiger partial charge in [-0.05, 0) is 49.9 Å². The van der Waals surface area contributed by atoms with Gasteiger partial charge in [-0.25, -0.2) is 4.98 Å². The number of nitrogens with zero attached hydrogens (tertiary/aromatic N) is 3. The van der Waals surface area contributed by atoms with Crippen molar-refractivity contribution in [3.63, 3.8) is 0 Å². The van der Waals surface area contributed by atoms with Crippen molar-refractivity contribution in [3.8, 4) is 11.6 Å². The number of carbonyl (C=O) groups excluding carboxylic acids is 2. The van der Waals surface area contributed by atoms with Crippen LogP contribution >= 0.6 is 0 Å². The number of piperidine rings is 1. The van der Waals surface area contributed by atoms with Crippen LogP contribution < -0.4 is 10.5 Å². The molecule has 8 nitrogen and oxygen atoms in total. The summed E-state index contributed by atoms with van der Waals surface area (Å²) in [4.78, 5) is 34.5. The van der Waals surface area contributed by atoms with E-state index in [9.17, 15) is 9.59 Å². The van der Waals surface area contributed by atoms with E-state index in [0.717, 1.165) is 31.4 Å². The van der Waals surface area contributed by atoms with Gasteiger partial charge >= 0.3 is 0 Å². The van der Waals surface area contributed by atoms with E-state index < -0.39 is 5.91 Å². The fourth-order valence-corrected chi connectivity index (χ4v) is 3.84. The Labute approximate surface area is 169 Å². The Bertz CT molecular complexity index is 873. The van der Waals surface area contributed by atoms with Gasteiger partial charge in [0.1, 0.15) is 17.5 Å². The molecule has 2 aliphatic rings. The molecule has 8 heteroatoms. The fraction of sp³-hybridized carbons (Fsp3) is 0.429. The zero-order chi connectivity index (χ0) is 20.2. The van der Waals surface area contributed by atoms with Crippen molar-refractivity contribution in [2.75, 3.05) is 19.7 Å². The van der Waals surface area contributed by atoms with Crippen LogP contribution in [0.3, 0.4) is 0 Å². The van der Waals surface area contributed by atoms with Gasteiger partial charge in [0.25, 0.3) is 5.91 Å². The van der Waals surface area contributed by atoms with Crippen molar-refractivity contribution in [2.24, 2.45) is 5.73 Å². The lowest BCUT2D eigenvalue weighted by Gasteiger charge is -2.33. The Morgan fingerprint density at radius 1 is 1.07 bits per heavy atom. The molecule has 0 spiro atoms. The minimum atomic E-state index is -0.485. The number of nitrogens with two attached hydrogens (primary N) is 1. The number of likely N-dealkylation sites (tertiary alicyclic amines) is 1. The molecule has 0 radical (unpaired) electrons. The van der Waals surface area contributed by atoms with E-state index in [0.29, 0.717) is 36.9 Å². The molecule has 2 fully saturated rings. The first kappa shape index (κ1) is 19.3. The van der Waals surface area contributed by atoms with Gasteiger partial charge in [0.2, 0.25) is 11.8 Å². The first-order valence-electron chi connectivity index (χ1n) is 9.91. The molecular weight excluding hydrogens is 372 g/mol. The Morgan fingerprint density at radius 2 is 1.79 bits per heavy atom. The summed E-state index contributed by atoms with van der Waals surface area (Å²) in [5, 5.41) is 0. The van der Waals surface area contributed by atoms with Crippen LogP contribution in [0.25, 0.3) is 0 Å². The first-order valence-corrected chi connectivity index (χ1v) is 9.91. The van der Waals surface area contributed by atoms with Crippen LogP contribution in [-0.2, 0) is 9.53 Å². The summed E-state index contributed by atoms with van der Waals surface area (Å²) in [5.41, 5.74) is 6.48. The van der Waals surface area contributed by atoms with Gasteiger partial charge in [-0.2, -0.15) is 0 Å². The third kappa shape index (κ3) is 4.37. The Kier molecular flexibility index (Phi) is 5.71. The first-order chi connectivity index (χ1) is 14.1. The van der Waals surface area contributed by atoms with Gasteiger partial charge in [-0.1, -0.05) is 0 Å². The van der Waals surface area contributed by atoms with E-state index in [1.165, 1.54) is 0 Å². The van der Waals surface area contributed by atoms with Crippen molar-refractivity contribution >= 4 is 11.8 Å². The molecule has 1 unspecified atom stereocenters. The van der Waals surface area contributed by atoms with Crippen LogP contribution in [0, 0.1) is 0 Å². The van der Waals surface area contributed by atoms with Crippen LogP contribution in [0.5, 0.6) is 11.6 Å². The van der Waals surface area contributed by atoms with Crippen LogP contribution in [-0.4, -0.2) is 52.5 Å². The molecule has 0 bridgehead atoms. The SMILES string of the molecule is NC(=O)c1ccc(Oc2nccnc2C2CCN(C(=O)C3CCCO3)CC2)cc1. The third-order valence-electron chi connectivity index (χ3n) is 5.44. The Morgan fingerprint density at radius 3 is 2.45 bits per heavy atom. The Balaban J connectivity index is 1.42. The molecule has 0 saturated carbocycles. The molecule has 4 rings (SSSR count). The maximum Gasteiger partial charge on any atom is 0.251 e. The molecule has 1 aromatic heterocycles. The van der Waals surface area contributed by atoms with Crippen molar-refractivity contribution < 1.29 is 19.1 Å². The van der Waals surface area contributed by atoms with Crippen molar-refractivity contribution in [1.82, 2.24) is 14.9 Å². The number of benzene rings is 1. The second-order valence-electron chi connectivity index (χ2n) is 7.34. The van der Waals surface area contributed by atoms with Crippen LogP contribution in [0.15, 0.2) is 36.7 Å². The highest BCUT2D eigenvalue weighted by Gasteiger charge is 2.32. The molecule has 2 amide bonds. The van der Waals surface area contributed by atoms with E-state index in [4.69, 9.17) is 15.2 Å². The second-order valence-corrected chi connectivity index (χ2v) is 7.34. The highest BCUT2D eigenvalue weighted by molar-refractivity contribution is 5.92. The maximum atomic E-state index is 12.5. The number of primary amides is 1. The van der Waals surface area contributed by atoms with Crippen LogP contribution in [0.4, 0.5) is 0 Å². The monoisotopic (exact) mass is 396 g/mol. The number of carbonyl (C=O) groups is 2. The molecule has 1 atom stereocenters. The smallest absolute Gasteiger partial charge is 0.251 e. The predicted molar refractivity (Wildman–Crippen MR) is 105 cm³/mol. The third-order valence-corrected chi connectivity index (χ3v) is 5.44. The number of amides is 2. The number of hydrogen-bond donors (Lipinski definition) is 1. The summed E-state index contributed by atoms with van der Waals surface area (Å²) in [6, 6.07) is 6.59. The van der Waals surface area contributed by atoms with E-state index in [2.05, 4.69) is 9.97 Å². The lowest BCUT2D eigenvalue weighted by Crippen LogP contribution is -2.43. The average Bonchev–Trinajstić information content (AvgIpc) is 3.29. The zero-order valence-corrected chi connectivity index (χ0v) is 16.1. The number of ether oxygens (including phenoxy) is 2. The molecule has 29 heavy (non-hydrogen) atoms. The summed E-state index contributed by atoms with van der Waals surface area (Å²) in [7, 11) is 0. The summed E-state index contributed by atoms with van der Waals surface area (Å²) >= 11 is 0. The molecule has 2 N–H and O–H groups in total. The van der Waals surface area contributed by atoms with Gasteiger partial charge in [0.15, 0.2) is 0 Å². The van der Waals surface area contributed by atoms with Crippen LogP contribution in [0.1, 0.15) is 47.7 Å². The summed E-state index contributed by atoms with van der Waals surface area (Å²) < 4.78 is 11.5. The molecule has 3 heterocycles. The molecule has 152 valence electrons. The second kappa shape index (κ2) is 8.57. The Hall–Kier alpha value is -3.00. The average molecular weight is 396 g/mol. The highest BCUT2D eigenvalue weighted by atomic mass is 16.5. The molecular formula is C21H24N4O4. The lowest BCUT2D eigenvalue weighted by atomic mass is 9.93. The van der Waals surface area contributed by atoms with Gasteiger partial charge < -0.3 is 20.1 Å². The fourth-order valence-electron chi connectivity index (χ4n) is 3.84. The number of rotatable bonds is 5. The predicted octanol–water partition coefficient (Wildman–Crippen LogP) is 2.25.